The van der Waals surface area contributed by atoms with Crippen LogP contribution in [0.4, 0.5) is 0 Å². The fourth-order valence-electron chi connectivity index (χ4n) is 3.04. The Bertz CT molecular complexity index is 1210. The lowest BCUT2D eigenvalue weighted by Gasteiger charge is -2.20. The van der Waals surface area contributed by atoms with Crippen LogP contribution in [0.3, 0.4) is 0 Å². The van der Waals surface area contributed by atoms with Crippen molar-refractivity contribution in [2.24, 2.45) is 0 Å². The highest BCUT2D eigenvalue weighted by molar-refractivity contribution is 7.91. The first-order valence-electron chi connectivity index (χ1n) is 8.83. The number of benzene rings is 3. The van der Waals surface area contributed by atoms with Crippen LogP contribution in [0, 0.1) is 6.92 Å². The lowest BCUT2D eigenvalue weighted by atomic mass is 10.0. The van der Waals surface area contributed by atoms with E-state index in [9.17, 15) is 13.2 Å². The molecule has 0 fully saturated rings. The van der Waals surface area contributed by atoms with Crippen LogP contribution in [0.1, 0.15) is 33.2 Å². The van der Waals surface area contributed by atoms with E-state index in [0.29, 0.717) is 15.6 Å². The number of carbonyl (C=O) groups is 1. The van der Waals surface area contributed by atoms with Crippen molar-refractivity contribution in [3.8, 4) is 0 Å². The van der Waals surface area contributed by atoms with Crippen LogP contribution in [-0.4, -0.2) is 14.2 Å². The van der Waals surface area contributed by atoms with Crippen molar-refractivity contribution >= 4 is 62.0 Å². The van der Waals surface area contributed by atoms with E-state index in [-0.39, 0.29) is 26.9 Å². The number of rotatable bonds is 6. The summed E-state index contributed by atoms with van der Waals surface area (Å²) in [5.74, 6) is -0.441. The van der Waals surface area contributed by atoms with Gasteiger partial charge in [-0.05, 0) is 55.0 Å². The van der Waals surface area contributed by atoms with Crippen molar-refractivity contribution in [1.82, 2.24) is 0 Å². The van der Waals surface area contributed by atoms with E-state index in [0.717, 1.165) is 5.56 Å². The number of carbonyl (C=O) groups excluding carboxylic acids is 1. The molecule has 0 bridgehead atoms. The third kappa shape index (κ3) is 5.01. The highest BCUT2D eigenvalue weighted by Gasteiger charge is 2.33. The molecule has 0 saturated carbocycles. The number of hydrogen-bond donors (Lipinski definition) is 0. The Labute approximate surface area is 195 Å². The monoisotopic (exact) mass is 500 g/mol. The Kier molecular flexibility index (Phi) is 7.16. The zero-order chi connectivity index (χ0) is 22.1. The van der Waals surface area contributed by atoms with E-state index >= 15 is 0 Å². The molecule has 3 aromatic carbocycles. The second kappa shape index (κ2) is 9.29. The molecule has 0 aromatic heterocycles. The van der Waals surface area contributed by atoms with Crippen LogP contribution in [0.25, 0.3) is 0 Å². The zero-order valence-electron chi connectivity index (χ0n) is 15.7. The second-order valence-electron chi connectivity index (χ2n) is 6.76. The van der Waals surface area contributed by atoms with E-state index in [4.69, 9.17) is 46.4 Å². The first-order chi connectivity index (χ1) is 14.1. The van der Waals surface area contributed by atoms with Gasteiger partial charge in [-0.3, -0.25) is 4.79 Å². The van der Waals surface area contributed by atoms with Gasteiger partial charge < -0.3 is 0 Å². The maximum absolute atomic E-state index is 13.5. The van der Waals surface area contributed by atoms with E-state index in [1.165, 1.54) is 42.5 Å². The molecular weight excluding hydrogens is 486 g/mol. The molecule has 3 aromatic rings. The van der Waals surface area contributed by atoms with Crippen LogP contribution in [0.2, 0.25) is 20.1 Å². The third-order valence-electron chi connectivity index (χ3n) is 4.64. The predicted octanol–water partition coefficient (Wildman–Crippen LogP) is 7.40. The van der Waals surface area contributed by atoms with Crippen molar-refractivity contribution < 1.29 is 13.2 Å². The van der Waals surface area contributed by atoms with Gasteiger partial charge in [0.15, 0.2) is 15.6 Å². The molecule has 30 heavy (non-hydrogen) atoms. The van der Waals surface area contributed by atoms with Gasteiger partial charge in [-0.15, -0.1) is 0 Å². The fraction of sp³-hybridized carbons (Fsp3) is 0.136. The number of aryl methyl sites for hydroxylation is 1. The van der Waals surface area contributed by atoms with Gasteiger partial charge in [0, 0.05) is 27.1 Å². The largest absolute Gasteiger partial charge is 0.294 e. The molecule has 1 atom stereocenters. The van der Waals surface area contributed by atoms with Gasteiger partial charge in [0.05, 0.1) is 15.2 Å². The molecular formula is C22H16Cl4O3S. The Hall–Kier alpha value is -1.56. The predicted molar refractivity (Wildman–Crippen MR) is 123 cm³/mol. The molecule has 0 unspecified atom stereocenters. The van der Waals surface area contributed by atoms with Crippen LogP contribution >= 0.6 is 46.4 Å². The molecule has 8 heteroatoms. The molecule has 0 radical (unpaired) electrons. The zero-order valence-corrected chi connectivity index (χ0v) is 19.5. The van der Waals surface area contributed by atoms with E-state index in [1.807, 2.05) is 6.92 Å². The lowest BCUT2D eigenvalue weighted by molar-refractivity contribution is 0.0981. The summed E-state index contributed by atoms with van der Waals surface area (Å²) < 4.78 is 27.0. The van der Waals surface area contributed by atoms with Crippen LogP contribution in [-0.2, 0) is 9.84 Å². The van der Waals surface area contributed by atoms with Crippen molar-refractivity contribution in [3.63, 3.8) is 0 Å². The fourth-order valence-corrected chi connectivity index (χ4v) is 5.91. The average molecular weight is 502 g/mol. The van der Waals surface area contributed by atoms with Crippen molar-refractivity contribution in [2.75, 3.05) is 0 Å². The number of ketones is 1. The summed E-state index contributed by atoms with van der Waals surface area (Å²) in [6, 6.07) is 15.4. The minimum absolute atomic E-state index is 0.0964. The number of Topliss-reactive ketones (excluding diaryl/α,β-unsaturated/α-hetero) is 1. The van der Waals surface area contributed by atoms with Crippen molar-refractivity contribution in [1.29, 1.82) is 0 Å². The average Bonchev–Trinajstić information content (AvgIpc) is 2.66. The highest BCUT2D eigenvalue weighted by atomic mass is 35.5. The van der Waals surface area contributed by atoms with Gasteiger partial charge >= 0.3 is 0 Å². The van der Waals surface area contributed by atoms with E-state index < -0.39 is 20.9 Å². The summed E-state index contributed by atoms with van der Waals surface area (Å²) in [4.78, 5) is 13.1. The molecule has 0 N–H and O–H groups in total. The molecule has 0 aliphatic rings. The van der Waals surface area contributed by atoms with Gasteiger partial charge in [0.2, 0.25) is 0 Å². The molecule has 0 aliphatic carbocycles. The first-order valence-corrected chi connectivity index (χ1v) is 11.9. The third-order valence-corrected chi connectivity index (χ3v) is 7.84. The lowest BCUT2D eigenvalue weighted by Crippen LogP contribution is -2.18. The summed E-state index contributed by atoms with van der Waals surface area (Å²) in [5.41, 5.74) is 1.40. The molecule has 0 heterocycles. The normalized spacial score (nSPS) is 12.6. The molecule has 3 nitrogen and oxygen atoms in total. The number of sulfone groups is 1. The maximum atomic E-state index is 13.5. The Balaban J connectivity index is 2.10. The first kappa shape index (κ1) is 23.1. The van der Waals surface area contributed by atoms with Crippen LogP contribution < -0.4 is 0 Å². The standard InChI is InChI=1S/C22H16Cl4O3S/c1-13-2-6-16(7-3-13)30(28,29)22(18-9-5-15(24)11-20(18)26)12-21(27)17-8-4-14(23)10-19(17)25/h2-11,22H,12H2,1H3/t22-/m0/s1. The maximum Gasteiger partial charge on any atom is 0.185 e. The van der Waals surface area contributed by atoms with Gasteiger partial charge in [-0.2, -0.15) is 0 Å². The number of halogens is 4. The van der Waals surface area contributed by atoms with E-state index in [1.54, 1.807) is 18.2 Å². The Morgan fingerprint density at radius 2 is 1.40 bits per heavy atom. The Morgan fingerprint density at radius 3 is 1.97 bits per heavy atom. The summed E-state index contributed by atoms with van der Waals surface area (Å²) in [6.45, 7) is 1.86. The molecule has 0 amide bonds. The molecule has 156 valence electrons. The van der Waals surface area contributed by atoms with Gasteiger partial charge in [0.25, 0.3) is 0 Å². The minimum atomic E-state index is -3.95. The quantitative estimate of drug-likeness (QED) is 0.330. The van der Waals surface area contributed by atoms with Crippen molar-refractivity contribution in [3.05, 3.63) is 97.4 Å². The summed E-state index contributed by atoms with van der Waals surface area (Å²) in [6.07, 6.45) is -0.348. The molecule has 0 saturated heterocycles. The highest BCUT2D eigenvalue weighted by Crippen LogP contribution is 2.38. The molecule has 3 rings (SSSR count). The number of hydrogen-bond acceptors (Lipinski definition) is 3. The second-order valence-corrected chi connectivity index (χ2v) is 10.6. The SMILES string of the molecule is Cc1ccc(S(=O)(=O)[C@@H](CC(=O)c2ccc(Cl)cc2Cl)c2ccc(Cl)cc2Cl)cc1. The minimum Gasteiger partial charge on any atom is -0.294 e. The summed E-state index contributed by atoms with van der Waals surface area (Å²) in [5, 5.41) is -0.160. The van der Waals surface area contributed by atoms with Crippen molar-refractivity contribution in [2.45, 2.75) is 23.5 Å². The van der Waals surface area contributed by atoms with Crippen LogP contribution in [0.5, 0.6) is 0 Å². The summed E-state index contributed by atoms with van der Waals surface area (Å²) >= 11 is 24.4. The molecule has 0 aliphatic heterocycles. The van der Waals surface area contributed by atoms with Crippen LogP contribution in [0.15, 0.2) is 65.6 Å². The van der Waals surface area contributed by atoms with Gasteiger partial charge in [-0.1, -0.05) is 70.2 Å². The smallest absolute Gasteiger partial charge is 0.185 e. The summed E-state index contributed by atoms with van der Waals surface area (Å²) in [7, 11) is -3.95. The van der Waals surface area contributed by atoms with Gasteiger partial charge in [0.1, 0.15) is 0 Å². The molecule has 0 spiro atoms. The van der Waals surface area contributed by atoms with E-state index in [2.05, 4.69) is 0 Å². The topological polar surface area (TPSA) is 51.2 Å². The Morgan fingerprint density at radius 1 is 0.833 bits per heavy atom. The van der Waals surface area contributed by atoms with Gasteiger partial charge in [-0.25, -0.2) is 8.42 Å².